The third-order valence-electron chi connectivity index (χ3n) is 5.97. The van der Waals surface area contributed by atoms with E-state index in [9.17, 15) is 0 Å². The zero-order chi connectivity index (χ0) is 24.2. The van der Waals surface area contributed by atoms with Crippen molar-refractivity contribution >= 4 is 22.4 Å². The van der Waals surface area contributed by atoms with Crippen LogP contribution in [0.25, 0.3) is 10.8 Å². The van der Waals surface area contributed by atoms with Gasteiger partial charge < -0.3 is 15.8 Å². The molecule has 35 heavy (non-hydrogen) atoms. The molecule has 9 heteroatoms. The van der Waals surface area contributed by atoms with Gasteiger partial charge in [-0.1, -0.05) is 6.07 Å². The molecule has 0 saturated carbocycles. The first kappa shape index (κ1) is 22.3. The molecular formula is C26H26N8O. The van der Waals surface area contributed by atoms with Crippen molar-refractivity contribution in [3.05, 3.63) is 95.3 Å². The van der Waals surface area contributed by atoms with E-state index in [0.717, 1.165) is 27.6 Å². The third kappa shape index (κ3) is 5.03. The molecule has 0 atom stereocenters. The predicted octanol–water partition coefficient (Wildman–Crippen LogP) is 4.05. The average molecular weight is 467 g/mol. The van der Waals surface area contributed by atoms with Crippen LogP contribution in [-0.2, 0) is 19.7 Å². The molecule has 176 valence electrons. The van der Waals surface area contributed by atoms with E-state index >= 15 is 0 Å². The van der Waals surface area contributed by atoms with E-state index in [2.05, 4.69) is 50.5 Å². The van der Waals surface area contributed by atoms with Gasteiger partial charge in [0, 0.05) is 42.8 Å². The van der Waals surface area contributed by atoms with Crippen LogP contribution in [0.5, 0.6) is 5.75 Å². The molecule has 4 heterocycles. The molecule has 0 radical (unpaired) electrons. The molecule has 0 aliphatic heterocycles. The minimum atomic E-state index is 0.339. The number of rotatable bonds is 8. The lowest BCUT2D eigenvalue weighted by Crippen LogP contribution is -2.07. The van der Waals surface area contributed by atoms with Crippen molar-refractivity contribution in [2.75, 3.05) is 11.1 Å². The van der Waals surface area contributed by atoms with Crippen LogP contribution in [0.4, 0.5) is 11.6 Å². The smallest absolute Gasteiger partial charge is 0.152 e. The summed E-state index contributed by atoms with van der Waals surface area (Å²) in [6.45, 7) is 5.81. The molecule has 5 rings (SSSR count). The quantitative estimate of drug-likeness (QED) is 0.352. The van der Waals surface area contributed by atoms with Gasteiger partial charge in [0.15, 0.2) is 5.82 Å². The second kappa shape index (κ2) is 9.76. The lowest BCUT2D eigenvalue weighted by Gasteiger charge is -2.15. The van der Waals surface area contributed by atoms with Crippen molar-refractivity contribution in [2.45, 2.75) is 33.5 Å². The molecule has 0 saturated heterocycles. The van der Waals surface area contributed by atoms with Crippen LogP contribution in [0.2, 0.25) is 0 Å². The van der Waals surface area contributed by atoms with E-state index in [4.69, 9.17) is 10.5 Å². The van der Waals surface area contributed by atoms with E-state index in [-0.39, 0.29) is 0 Å². The number of benzene rings is 1. The minimum Gasteiger partial charge on any atom is -0.485 e. The lowest BCUT2D eigenvalue weighted by atomic mass is 9.96. The molecule has 9 nitrogen and oxygen atoms in total. The number of nitrogen functional groups attached to an aromatic ring is 1. The first-order chi connectivity index (χ1) is 17.1. The monoisotopic (exact) mass is 466 g/mol. The van der Waals surface area contributed by atoms with Gasteiger partial charge in [-0.25, -0.2) is 4.98 Å². The Morgan fingerprint density at radius 3 is 2.74 bits per heavy atom. The number of aromatic nitrogens is 6. The van der Waals surface area contributed by atoms with Gasteiger partial charge in [-0.2, -0.15) is 10.2 Å². The maximum absolute atomic E-state index is 6.06. The Balaban J connectivity index is 1.22. The van der Waals surface area contributed by atoms with Crippen molar-refractivity contribution < 1.29 is 4.74 Å². The summed E-state index contributed by atoms with van der Waals surface area (Å²) in [6, 6.07) is 11.8. The second-order valence-electron chi connectivity index (χ2n) is 8.37. The number of fused-ring (bicyclic) bond motifs is 1. The van der Waals surface area contributed by atoms with Crippen LogP contribution in [0.15, 0.2) is 67.4 Å². The Kier molecular flexibility index (Phi) is 6.21. The molecule has 0 amide bonds. The number of pyridine rings is 2. The van der Waals surface area contributed by atoms with Crippen LogP contribution in [0.3, 0.4) is 0 Å². The summed E-state index contributed by atoms with van der Waals surface area (Å²) < 4.78 is 7.76. The van der Waals surface area contributed by atoms with E-state index in [1.165, 1.54) is 11.1 Å². The Bertz CT molecular complexity index is 1450. The molecule has 0 spiro atoms. The summed E-state index contributed by atoms with van der Waals surface area (Å²) in [5.41, 5.74) is 11.5. The van der Waals surface area contributed by atoms with Crippen molar-refractivity contribution in [3.63, 3.8) is 0 Å². The third-order valence-corrected chi connectivity index (χ3v) is 5.97. The molecular weight excluding hydrogens is 440 g/mol. The van der Waals surface area contributed by atoms with Gasteiger partial charge in [0.25, 0.3) is 0 Å². The van der Waals surface area contributed by atoms with Crippen LogP contribution >= 0.6 is 0 Å². The molecule has 4 aromatic heterocycles. The Morgan fingerprint density at radius 1 is 1.03 bits per heavy atom. The fraction of sp³-hybridized carbons (Fsp3) is 0.192. The number of nitrogens with one attached hydrogen (secondary N) is 1. The summed E-state index contributed by atoms with van der Waals surface area (Å²) >= 11 is 0. The normalized spacial score (nSPS) is 11.0. The standard InChI is InChI=1S/C26H26N8O/c1-17-10-23-22(6-8-28-26(23)27)18(2)24(17)14-30-25-11-21(13-31-33-25)35-16-20-5-4-19(12-29-20)15-34-9-3-7-32-34/h3-13H,14-16H2,1-2H3,(H2,27,28)(H,30,33). The highest BCUT2D eigenvalue weighted by molar-refractivity contribution is 5.94. The number of hydrogen-bond donors (Lipinski definition) is 2. The van der Waals surface area contributed by atoms with Gasteiger partial charge in [-0.3, -0.25) is 9.67 Å². The number of hydrogen-bond acceptors (Lipinski definition) is 8. The number of ether oxygens (including phenoxy) is 1. The summed E-state index contributed by atoms with van der Waals surface area (Å²) in [5, 5.41) is 17.9. The molecule has 5 aromatic rings. The van der Waals surface area contributed by atoms with Crippen LogP contribution in [-0.4, -0.2) is 29.9 Å². The number of aryl methyl sites for hydroxylation is 2. The molecule has 0 aliphatic carbocycles. The fourth-order valence-electron chi connectivity index (χ4n) is 4.07. The maximum Gasteiger partial charge on any atom is 0.152 e. The van der Waals surface area contributed by atoms with Crippen molar-refractivity contribution in [3.8, 4) is 5.75 Å². The lowest BCUT2D eigenvalue weighted by molar-refractivity contribution is 0.299. The van der Waals surface area contributed by atoms with E-state index in [1.54, 1.807) is 18.6 Å². The topological polar surface area (TPSA) is 117 Å². The van der Waals surface area contributed by atoms with Gasteiger partial charge in [0.2, 0.25) is 0 Å². The maximum atomic E-state index is 6.06. The van der Waals surface area contributed by atoms with Crippen LogP contribution in [0, 0.1) is 13.8 Å². The molecule has 1 aromatic carbocycles. The first-order valence-electron chi connectivity index (χ1n) is 11.3. The van der Waals surface area contributed by atoms with E-state index in [0.29, 0.717) is 37.1 Å². The van der Waals surface area contributed by atoms with Crippen molar-refractivity contribution in [2.24, 2.45) is 0 Å². The van der Waals surface area contributed by atoms with Crippen LogP contribution < -0.4 is 15.8 Å². The summed E-state index contributed by atoms with van der Waals surface area (Å²) in [5.74, 6) is 1.81. The van der Waals surface area contributed by atoms with Gasteiger partial charge in [0.1, 0.15) is 18.2 Å². The molecule has 0 aliphatic rings. The highest BCUT2D eigenvalue weighted by atomic mass is 16.5. The molecule has 3 N–H and O–H groups in total. The summed E-state index contributed by atoms with van der Waals surface area (Å²) in [6.07, 6.45) is 8.87. The second-order valence-corrected chi connectivity index (χ2v) is 8.37. The fourth-order valence-corrected chi connectivity index (χ4v) is 4.07. The SMILES string of the molecule is Cc1cc2c(N)nccc2c(C)c1CNc1cc(OCc2ccc(Cn3cccn3)cn2)cnn1. The Morgan fingerprint density at radius 2 is 1.94 bits per heavy atom. The Labute approximate surface area is 203 Å². The number of nitrogens with two attached hydrogens (primary N) is 1. The molecule has 0 unspecified atom stereocenters. The van der Waals surface area contributed by atoms with Gasteiger partial charge in [0.05, 0.1) is 18.4 Å². The zero-order valence-electron chi connectivity index (χ0n) is 19.6. The van der Waals surface area contributed by atoms with E-state index < -0.39 is 0 Å². The highest BCUT2D eigenvalue weighted by Gasteiger charge is 2.11. The first-order valence-corrected chi connectivity index (χ1v) is 11.3. The summed E-state index contributed by atoms with van der Waals surface area (Å²) in [7, 11) is 0. The Hall–Kier alpha value is -4.53. The average Bonchev–Trinajstić information content (AvgIpc) is 3.38. The largest absolute Gasteiger partial charge is 0.485 e. The van der Waals surface area contributed by atoms with Gasteiger partial charge in [-0.05, 0) is 65.8 Å². The predicted molar refractivity (Wildman–Crippen MR) is 135 cm³/mol. The minimum absolute atomic E-state index is 0.339. The van der Waals surface area contributed by atoms with E-state index in [1.807, 2.05) is 47.4 Å². The van der Waals surface area contributed by atoms with Crippen LogP contribution in [0.1, 0.15) is 27.9 Å². The van der Waals surface area contributed by atoms with Crippen molar-refractivity contribution in [1.29, 1.82) is 0 Å². The molecule has 0 fully saturated rings. The number of anilines is 2. The zero-order valence-corrected chi connectivity index (χ0v) is 19.6. The summed E-state index contributed by atoms with van der Waals surface area (Å²) in [4.78, 5) is 8.69. The number of nitrogens with zero attached hydrogens (tertiary/aromatic N) is 6. The van der Waals surface area contributed by atoms with Crippen molar-refractivity contribution in [1.82, 2.24) is 29.9 Å². The van der Waals surface area contributed by atoms with Gasteiger partial charge in [-0.15, -0.1) is 5.10 Å². The molecule has 0 bridgehead atoms. The highest BCUT2D eigenvalue weighted by Crippen LogP contribution is 2.28. The van der Waals surface area contributed by atoms with Gasteiger partial charge >= 0.3 is 0 Å².